The highest BCUT2D eigenvalue weighted by Crippen LogP contribution is 2.34. The third kappa shape index (κ3) is 2.23. The average molecular weight is 301 g/mol. The maximum Gasteiger partial charge on any atom is 0.327 e. The number of carboxylic acids is 1. The minimum absolute atomic E-state index is 0.228. The maximum absolute atomic E-state index is 12.8. The van der Waals surface area contributed by atoms with Gasteiger partial charge >= 0.3 is 5.97 Å². The normalized spacial score (nSPS) is 16.9. The van der Waals surface area contributed by atoms with Gasteiger partial charge in [-0.15, -0.1) is 11.3 Å². The number of benzene rings is 1. The highest BCUT2D eigenvalue weighted by atomic mass is 32.1. The molecule has 0 saturated carbocycles. The second-order valence-electron chi connectivity index (χ2n) is 5.19. The van der Waals surface area contributed by atoms with Gasteiger partial charge in [-0.3, -0.25) is 9.69 Å². The lowest BCUT2D eigenvalue weighted by Gasteiger charge is -2.22. The second-order valence-corrected chi connectivity index (χ2v) is 6.65. The van der Waals surface area contributed by atoms with Crippen molar-refractivity contribution in [3.63, 3.8) is 0 Å². The zero-order valence-electron chi connectivity index (χ0n) is 11.8. The second kappa shape index (κ2) is 5.00. The summed E-state index contributed by atoms with van der Waals surface area (Å²) >= 11 is 1.55. The average Bonchev–Trinajstić information content (AvgIpc) is 2.98. The van der Waals surface area contributed by atoms with E-state index in [9.17, 15) is 14.7 Å². The number of aliphatic carboxylic acids is 1. The van der Waals surface area contributed by atoms with Crippen LogP contribution in [0.3, 0.4) is 0 Å². The summed E-state index contributed by atoms with van der Waals surface area (Å²) in [7, 11) is 0. The van der Waals surface area contributed by atoms with Crippen molar-refractivity contribution in [2.45, 2.75) is 26.3 Å². The summed E-state index contributed by atoms with van der Waals surface area (Å²) < 4.78 is 0. The number of hydrogen-bond acceptors (Lipinski definition) is 3. The van der Waals surface area contributed by atoms with Crippen molar-refractivity contribution in [3.05, 3.63) is 51.2 Å². The molecule has 0 fully saturated rings. The standard InChI is InChI=1S/C16H15NO3S/c1-9-7-12(10(2)21-9)15(18)17-13-6-4-3-5-11(13)8-14(17)16(19)20/h3-7,14H,8H2,1-2H3,(H,19,20). The Bertz CT molecular complexity index is 735. The number of thiophene rings is 1. The van der Waals surface area contributed by atoms with Crippen LogP contribution in [0.1, 0.15) is 25.7 Å². The summed E-state index contributed by atoms with van der Waals surface area (Å²) in [5, 5.41) is 9.43. The smallest absolute Gasteiger partial charge is 0.327 e. The van der Waals surface area contributed by atoms with Crippen molar-refractivity contribution >= 4 is 28.9 Å². The van der Waals surface area contributed by atoms with Crippen LogP contribution in [0.25, 0.3) is 0 Å². The van der Waals surface area contributed by atoms with Crippen LogP contribution in [-0.4, -0.2) is 23.0 Å². The lowest BCUT2D eigenvalue weighted by molar-refractivity contribution is -0.138. The number of amides is 1. The molecule has 0 saturated heterocycles. The lowest BCUT2D eigenvalue weighted by atomic mass is 10.1. The van der Waals surface area contributed by atoms with Crippen LogP contribution in [0.5, 0.6) is 0 Å². The summed E-state index contributed by atoms with van der Waals surface area (Å²) in [6.07, 6.45) is 0.361. The van der Waals surface area contributed by atoms with Gasteiger partial charge in [0.15, 0.2) is 0 Å². The van der Waals surface area contributed by atoms with Crippen LogP contribution in [-0.2, 0) is 11.2 Å². The molecule has 1 aromatic heterocycles. The van der Waals surface area contributed by atoms with Crippen LogP contribution in [0.4, 0.5) is 5.69 Å². The Morgan fingerprint density at radius 2 is 2.00 bits per heavy atom. The van der Waals surface area contributed by atoms with E-state index < -0.39 is 12.0 Å². The lowest BCUT2D eigenvalue weighted by Crippen LogP contribution is -2.42. The number of rotatable bonds is 2. The molecule has 5 heteroatoms. The predicted octanol–water partition coefficient (Wildman–Crippen LogP) is 3.02. The van der Waals surface area contributed by atoms with E-state index in [2.05, 4.69) is 0 Å². The van der Waals surface area contributed by atoms with Crippen LogP contribution in [0.2, 0.25) is 0 Å². The summed E-state index contributed by atoms with van der Waals surface area (Å²) in [5.74, 6) is -1.20. The molecule has 1 atom stereocenters. The zero-order chi connectivity index (χ0) is 15.1. The van der Waals surface area contributed by atoms with E-state index in [4.69, 9.17) is 0 Å². The van der Waals surface area contributed by atoms with E-state index in [0.717, 1.165) is 15.3 Å². The third-order valence-electron chi connectivity index (χ3n) is 3.75. The Hall–Kier alpha value is -2.14. The Labute approximate surface area is 126 Å². The van der Waals surface area contributed by atoms with Crippen LogP contribution < -0.4 is 4.90 Å². The summed E-state index contributed by atoms with van der Waals surface area (Å²) in [5.41, 5.74) is 2.21. The molecule has 1 aliphatic heterocycles. The molecular formula is C16H15NO3S. The summed E-state index contributed by atoms with van der Waals surface area (Å²) in [6, 6.07) is 8.40. The van der Waals surface area contributed by atoms with Crippen molar-refractivity contribution in [3.8, 4) is 0 Å². The number of hydrogen-bond donors (Lipinski definition) is 1. The first-order chi connectivity index (χ1) is 9.99. The maximum atomic E-state index is 12.8. The fourth-order valence-electron chi connectivity index (χ4n) is 2.81. The molecule has 108 valence electrons. The molecule has 1 amide bonds. The number of carbonyl (C=O) groups is 2. The molecule has 0 bridgehead atoms. The van der Waals surface area contributed by atoms with E-state index >= 15 is 0 Å². The van der Waals surface area contributed by atoms with Gasteiger partial charge in [-0.2, -0.15) is 0 Å². The SMILES string of the molecule is Cc1cc(C(=O)N2c3ccccc3CC2C(=O)O)c(C)s1. The highest BCUT2D eigenvalue weighted by Gasteiger charge is 2.39. The Morgan fingerprint density at radius 1 is 1.29 bits per heavy atom. The number of fused-ring (bicyclic) bond motifs is 1. The zero-order valence-corrected chi connectivity index (χ0v) is 12.6. The van der Waals surface area contributed by atoms with Gasteiger partial charge in [0.25, 0.3) is 5.91 Å². The van der Waals surface area contributed by atoms with Crippen LogP contribution in [0.15, 0.2) is 30.3 Å². The summed E-state index contributed by atoms with van der Waals surface area (Å²) in [4.78, 5) is 27.7. The van der Waals surface area contributed by atoms with Crippen molar-refractivity contribution in [2.24, 2.45) is 0 Å². The van der Waals surface area contributed by atoms with Gasteiger partial charge in [0, 0.05) is 21.9 Å². The molecule has 1 aliphatic rings. The minimum Gasteiger partial charge on any atom is -0.480 e. The fraction of sp³-hybridized carbons (Fsp3) is 0.250. The topological polar surface area (TPSA) is 57.6 Å². The number of anilines is 1. The van der Waals surface area contributed by atoms with Gasteiger partial charge in [-0.25, -0.2) is 4.79 Å². The first kappa shape index (κ1) is 13.8. The minimum atomic E-state index is -0.968. The third-order valence-corrected chi connectivity index (χ3v) is 4.72. The monoisotopic (exact) mass is 301 g/mol. The molecule has 0 aliphatic carbocycles. The molecule has 1 unspecified atom stereocenters. The molecule has 0 radical (unpaired) electrons. The van der Waals surface area contributed by atoms with Gasteiger partial charge in [-0.05, 0) is 31.5 Å². The Morgan fingerprint density at radius 3 is 2.62 bits per heavy atom. The molecule has 4 nitrogen and oxygen atoms in total. The highest BCUT2D eigenvalue weighted by molar-refractivity contribution is 7.12. The van der Waals surface area contributed by atoms with E-state index in [1.807, 2.05) is 44.2 Å². The molecule has 2 aromatic rings. The van der Waals surface area contributed by atoms with E-state index in [1.165, 1.54) is 4.90 Å². The number of para-hydroxylation sites is 1. The predicted molar refractivity (Wildman–Crippen MR) is 82.2 cm³/mol. The number of aryl methyl sites for hydroxylation is 2. The number of carboxylic acid groups (broad SMARTS) is 1. The number of carbonyl (C=O) groups excluding carboxylic acids is 1. The van der Waals surface area contributed by atoms with Crippen molar-refractivity contribution < 1.29 is 14.7 Å². The molecular weight excluding hydrogens is 286 g/mol. The molecule has 2 heterocycles. The summed E-state index contributed by atoms with van der Waals surface area (Å²) in [6.45, 7) is 3.84. The van der Waals surface area contributed by atoms with E-state index in [0.29, 0.717) is 17.7 Å². The molecule has 21 heavy (non-hydrogen) atoms. The van der Waals surface area contributed by atoms with Gasteiger partial charge < -0.3 is 5.11 Å². The van der Waals surface area contributed by atoms with E-state index in [-0.39, 0.29) is 5.91 Å². The van der Waals surface area contributed by atoms with Crippen molar-refractivity contribution in [1.82, 2.24) is 0 Å². The first-order valence-corrected chi connectivity index (χ1v) is 7.52. The largest absolute Gasteiger partial charge is 0.480 e. The van der Waals surface area contributed by atoms with Gasteiger partial charge in [0.05, 0.1) is 5.56 Å². The van der Waals surface area contributed by atoms with Gasteiger partial charge in [0.1, 0.15) is 6.04 Å². The molecule has 1 N–H and O–H groups in total. The van der Waals surface area contributed by atoms with E-state index in [1.54, 1.807) is 11.3 Å². The fourth-order valence-corrected chi connectivity index (χ4v) is 3.72. The molecule has 0 spiro atoms. The van der Waals surface area contributed by atoms with Crippen molar-refractivity contribution in [1.29, 1.82) is 0 Å². The van der Waals surface area contributed by atoms with Crippen LogP contribution >= 0.6 is 11.3 Å². The quantitative estimate of drug-likeness (QED) is 0.927. The van der Waals surface area contributed by atoms with Gasteiger partial charge in [-0.1, -0.05) is 18.2 Å². The van der Waals surface area contributed by atoms with Gasteiger partial charge in [0.2, 0.25) is 0 Å². The van der Waals surface area contributed by atoms with Crippen molar-refractivity contribution in [2.75, 3.05) is 4.90 Å². The molecule has 3 rings (SSSR count). The van der Waals surface area contributed by atoms with Crippen LogP contribution in [0, 0.1) is 13.8 Å². The Kier molecular flexibility index (Phi) is 3.29. The Balaban J connectivity index is 2.07. The number of nitrogens with zero attached hydrogens (tertiary/aromatic N) is 1. The molecule has 1 aromatic carbocycles. The first-order valence-electron chi connectivity index (χ1n) is 6.70.